The summed E-state index contributed by atoms with van der Waals surface area (Å²) in [6.45, 7) is 9.50. The van der Waals surface area contributed by atoms with E-state index >= 15 is 0 Å². The van der Waals surface area contributed by atoms with Crippen molar-refractivity contribution in [2.45, 2.75) is 33.7 Å². The molecule has 0 aliphatic rings. The largest absolute Gasteiger partial charge is 0.370 e. The molecule has 0 aliphatic carbocycles. The van der Waals surface area contributed by atoms with Gasteiger partial charge in [0.15, 0.2) is 0 Å². The highest BCUT2D eigenvalue weighted by molar-refractivity contribution is 5.92. The molecule has 0 fully saturated rings. The van der Waals surface area contributed by atoms with Crippen molar-refractivity contribution in [3.05, 3.63) is 23.9 Å². The van der Waals surface area contributed by atoms with Crippen LogP contribution >= 0.6 is 0 Å². The fraction of sp³-hybridized carbons (Fsp3) is 0.538. The van der Waals surface area contributed by atoms with Crippen LogP contribution in [0.25, 0.3) is 0 Å². The number of carbonyl (C=O) groups excluding carboxylic acids is 1. The molecule has 0 aliphatic heterocycles. The minimum absolute atomic E-state index is 0.0118. The van der Waals surface area contributed by atoms with Gasteiger partial charge in [-0.15, -0.1) is 0 Å². The maximum Gasteiger partial charge on any atom is 0.272 e. The second-order valence-electron chi connectivity index (χ2n) is 4.12. The topological polar surface area (TPSA) is 45.2 Å². The average molecular weight is 235 g/mol. The van der Waals surface area contributed by atoms with E-state index in [1.54, 1.807) is 11.0 Å². The molecule has 0 unspecified atom stereocenters. The van der Waals surface area contributed by atoms with E-state index in [0.29, 0.717) is 12.2 Å². The minimum Gasteiger partial charge on any atom is -0.370 e. The first kappa shape index (κ1) is 13.5. The Morgan fingerprint density at radius 2 is 2.12 bits per heavy atom. The molecule has 1 heterocycles. The predicted molar refractivity (Wildman–Crippen MR) is 70.2 cm³/mol. The molecule has 0 saturated heterocycles. The molecule has 0 aromatic carbocycles. The van der Waals surface area contributed by atoms with Gasteiger partial charge >= 0.3 is 0 Å². The SMILES string of the molecule is CCNc1cccc(C(=O)N(CC)C(C)C)n1. The van der Waals surface area contributed by atoms with Gasteiger partial charge in [-0.25, -0.2) is 4.98 Å². The second kappa shape index (κ2) is 6.23. The molecule has 4 nitrogen and oxygen atoms in total. The molecule has 0 spiro atoms. The molecule has 1 aromatic rings. The quantitative estimate of drug-likeness (QED) is 0.852. The van der Waals surface area contributed by atoms with Crippen LogP contribution in [0.2, 0.25) is 0 Å². The van der Waals surface area contributed by atoms with Crippen LogP contribution in [0.1, 0.15) is 38.2 Å². The van der Waals surface area contributed by atoms with Gasteiger partial charge in [0, 0.05) is 19.1 Å². The van der Waals surface area contributed by atoms with Crippen LogP contribution in [0.3, 0.4) is 0 Å². The lowest BCUT2D eigenvalue weighted by molar-refractivity contribution is 0.0711. The zero-order valence-electron chi connectivity index (χ0n) is 11.0. The standard InChI is InChI=1S/C13H21N3O/c1-5-14-12-9-7-8-11(15-12)13(17)16(6-2)10(3)4/h7-10H,5-6H2,1-4H3,(H,14,15). The highest BCUT2D eigenvalue weighted by Gasteiger charge is 2.18. The molecule has 0 bridgehead atoms. The van der Waals surface area contributed by atoms with Crippen molar-refractivity contribution in [1.29, 1.82) is 0 Å². The molecular weight excluding hydrogens is 214 g/mol. The number of anilines is 1. The van der Waals surface area contributed by atoms with Crippen LogP contribution in [0.5, 0.6) is 0 Å². The van der Waals surface area contributed by atoms with Gasteiger partial charge < -0.3 is 10.2 Å². The Bertz CT molecular complexity index is 377. The number of carbonyl (C=O) groups is 1. The lowest BCUT2D eigenvalue weighted by Gasteiger charge is -2.24. The van der Waals surface area contributed by atoms with Gasteiger partial charge in [-0.1, -0.05) is 6.07 Å². The predicted octanol–water partition coefficient (Wildman–Crippen LogP) is 2.38. The molecule has 0 atom stereocenters. The van der Waals surface area contributed by atoms with Gasteiger partial charge in [-0.3, -0.25) is 4.79 Å². The van der Waals surface area contributed by atoms with Crippen molar-refractivity contribution in [2.75, 3.05) is 18.4 Å². The van der Waals surface area contributed by atoms with E-state index < -0.39 is 0 Å². The zero-order valence-corrected chi connectivity index (χ0v) is 11.0. The summed E-state index contributed by atoms with van der Waals surface area (Å²) < 4.78 is 0. The van der Waals surface area contributed by atoms with E-state index in [0.717, 1.165) is 12.4 Å². The Morgan fingerprint density at radius 3 is 2.65 bits per heavy atom. The number of aromatic nitrogens is 1. The third-order valence-corrected chi connectivity index (χ3v) is 2.55. The number of amides is 1. The molecule has 4 heteroatoms. The molecule has 0 saturated carbocycles. The number of nitrogens with one attached hydrogen (secondary N) is 1. The van der Waals surface area contributed by atoms with Crippen molar-refractivity contribution in [1.82, 2.24) is 9.88 Å². The second-order valence-corrected chi connectivity index (χ2v) is 4.12. The zero-order chi connectivity index (χ0) is 12.8. The summed E-state index contributed by atoms with van der Waals surface area (Å²) in [7, 11) is 0. The summed E-state index contributed by atoms with van der Waals surface area (Å²) >= 11 is 0. The van der Waals surface area contributed by atoms with Crippen molar-refractivity contribution >= 4 is 11.7 Å². The Kier molecular flexibility index (Phi) is 4.94. The minimum atomic E-state index is -0.0118. The monoisotopic (exact) mass is 235 g/mol. The van der Waals surface area contributed by atoms with Crippen molar-refractivity contribution in [3.63, 3.8) is 0 Å². The lowest BCUT2D eigenvalue weighted by atomic mass is 10.2. The summed E-state index contributed by atoms with van der Waals surface area (Å²) in [6.07, 6.45) is 0. The molecule has 1 N–H and O–H groups in total. The molecule has 17 heavy (non-hydrogen) atoms. The Balaban J connectivity index is 2.91. The van der Waals surface area contributed by atoms with Crippen LogP contribution < -0.4 is 5.32 Å². The Morgan fingerprint density at radius 1 is 1.41 bits per heavy atom. The van der Waals surface area contributed by atoms with Gasteiger partial charge in [0.25, 0.3) is 5.91 Å². The highest BCUT2D eigenvalue weighted by atomic mass is 16.2. The molecule has 94 valence electrons. The summed E-state index contributed by atoms with van der Waals surface area (Å²) in [6, 6.07) is 5.67. The number of hydrogen-bond acceptors (Lipinski definition) is 3. The first-order valence-electron chi connectivity index (χ1n) is 6.12. The highest BCUT2D eigenvalue weighted by Crippen LogP contribution is 2.09. The van der Waals surface area contributed by atoms with E-state index in [1.165, 1.54) is 0 Å². The number of rotatable bonds is 5. The first-order valence-corrected chi connectivity index (χ1v) is 6.12. The molecule has 1 amide bonds. The van der Waals surface area contributed by atoms with E-state index in [9.17, 15) is 4.79 Å². The number of nitrogens with zero attached hydrogens (tertiary/aromatic N) is 2. The third-order valence-electron chi connectivity index (χ3n) is 2.55. The van der Waals surface area contributed by atoms with Crippen LogP contribution in [0.4, 0.5) is 5.82 Å². The smallest absolute Gasteiger partial charge is 0.272 e. The van der Waals surface area contributed by atoms with Gasteiger partial charge in [-0.05, 0) is 39.8 Å². The lowest BCUT2D eigenvalue weighted by Crippen LogP contribution is -2.37. The number of pyridine rings is 1. The molecular formula is C13H21N3O. The van der Waals surface area contributed by atoms with E-state index in [1.807, 2.05) is 39.8 Å². The maximum absolute atomic E-state index is 12.2. The van der Waals surface area contributed by atoms with Gasteiger partial charge in [0.1, 0.15) is 11.5 Å². The van der Waals surface area contributed by atoms with Crippen LogP contribution in [-0.2, 0) is 0 Å². The van der Waals surface area contributed by atoms with E-state index in [4.69, 9.17) is 0 Å². The van der Waals surface area contributed by atoms with Crippen molar-refractivity contribution < 1.29 is 4.79 Å². The summed E-state index contributed by atoms with van der Waals surface area (Å²) in [5.74, 6) is 0.736. The van der Waals surface area contributed by atoms with Crippen LogP contribution in [-0.4, -0.2) is 34.9 Å². The molecule has 0 radical (unpaired) electrons. The third kappa shape index (κ3) is 3.44. The first-order chi connectivity index (χ1) is 8.10. The van der Waals surface area contributed by atoms with Gasteiger partial charge in [0.2, 0.25) is 0 Å². The number of hydrogen-bond donors (Lipinski definition) is 1. The molecule has 1 rings (SSSR count). The van der Waals surface area contributed by atoms with Crippen molar-refractivity contribution in [2.24, 2.45) is 0 Å². The average Bonchev–Trinajstić information content (AvgIpc) is 2.30. The summed E-state index contributed by atoms with van der Waals surface area (Å²) in [5.41, 5.74) is 0.499. The summed E-state index contributed by atoms with van der Waals surface area (Å²) in [5, 5.41) is 3.11. The summed E-state index contributed by atoms with van der Waals surface area (Å²) in [4.78, 5) is 18.3. The fourth-order valence-corrected chi connectivity index (χ4v) is 1.72. The molecule has 1 aromatic heterocycles. The normalized spacial score (nSPS) is 10.4. The van der Waals surface area contributed by atoms with E-state index in [-0.39, 0.29) is 11.9 Å². The van der Waals surface area contributed by atoms with Gasteiger partial charge in [-0.2, -0.15) is 0 Å². The van der Waals surface area contributed by atoms with Crippen LogP contribution in [0.15, 0.2) is 18.2 Å². The Labute approximate surface area is 103 Å². The Hall–Kier alpha value is -1.58. The fourth-order valence-electron chi connectivity index (χ4n) is 1.72. The maximum atomic E-state index is 12.2. The van der Waals surface area contributed by atoms with Crippen molar-refractivity contribution in [3.8, 4) is 0 Å². The van der Waals surface area contributed by atoms with E-state index in [2.05, 4.69) is 10.3 Å². The van der Waals surface area contributed by atoms with Gasteiger partial charge in [0.05, 0.1) is 0 Å². The van der Waals surface area contributed by atoms with Crippen LogP contribution in [0, 0.1) is 0 Å².